The molecule has 2 aromatic carbocycles. The summed E-state index contributed by atoms with van der Waals surface area (Å²) in [6.45, 7) is 0. The summed E-state index contributed by atoms with van der Waals surface area (Å²) >= 11 is 6.08. The number of hydrogen-bond acceptors (Lipinski definition) is 6. The topological polar surface area (TPSA) is 96.9 Å². The monoisotopic (exact) mass is 465 g/mol. The third kappa shape index (κ3) is 4.11. The van der Waals surface area contributed by atoms with Gasteiger partial charge < -0.3 is 5.32 Å². The summed E-state index contributed by atoms with van der Waals surface area (Å²) in [4.78, 5) is 13.1. The van der Waals surface area contributed by atoms with E-state index in [-0.39, 0.29) is 16.4 Å². The largest absolute Gasteiger partial charge is 0.360 e. The van der Waals surface area contributed by atoms with E-state index in [1.54, 1.807) is 18.6 Å². The minimum Gasteiger partial charge on any atom is -0.360 e. The Hall–Kier alpha value is -3.23. The molecule has 1 aliphatic carbocycles. The van der Waals surface area contributed by atoms with Gasteiger partial charge in [0, 0.05) is 17.1 Å². The first-order chi connectivity index (χ1) is 15.3. The molecule has 2 aromatic heterocycles. The zero-order valence-electron chi connectivity index (χ0n) is 17.2. The number of anilines is 2. The average Bonchev–Trinajstić information content (AvgIpc) is 3.56. The lowest BCUT2D eigenvalue weighted by Crippen LogP contribution is -2.19. The highest BCUT2D eigenvalue weighted by Gasteiger charge is 2.44. The summed E-state index contributed by atoms with van der Waals surface area (Å²) in [6.07, 6.45) is 6.30. The van der Waals surface area contributed by atoms with Gasteiger partial charge in [0.2, 0.25) is 10.0 Å². The fourth-order valence-corrected chi connectivity index (χ4v) is 4.57. The van der Waals surface area contributed by atoms with Gasteiger partial charge in [0.25, 0.3) is 0 Å². The quantitative estimate of drug-likeness (QED) is 0.396. The highest BCUT2D eigenvalue weighted by molar-refractivity contribution is 7.92. The summed E-state index contributed by atoms with van der Waals surface area (Å²) in [5.41, 5.74) is 3.73. The number of halogens is 1. The SMILES string of the molecule is CS(=O)(=O)Nc1cc(-c2ccc3ncnc(NC4(c5ccccc5)CC4)c3c2)cnc1Cl. The van der Waals surface area contributed by atoms with Gasteiger partial charge in [0.1, 0.15) is 12.1 Å². The Labute approximate surface area is 191 Å². The van der Waals surface area contributed by atoms with Crippen molar-refractivity contribution in [3.63, 3.8) is 0 Å². The summed E-state index contributed by atoms with van der Waals surface area (Å²) in [6, 6.07) is 17.8. The number of benzene rings is 2. The number of nitrogens with one attached hydrogen (secondary N) is 2. The van der Waals surface area contributed by atoms with Crippen LogP contribution < -0.4 is 10.0 Å². The van der Waals surface area contributed by atoms with Crippen LogP contribution in [0.4, 0.5) is 11.5 Å². The first kappa shape index (κ1) is 20.7. The average molecular weight is 466 g/mol. The molecule has 162 valence electrons. The minimum absolute atomic E-state index is 0.0872. The van der Waals surface area contributed by atoms with Gasteiger partial charge in [-0.25, -0.2) is 23.4 Å². The maximum absolute atomic E-state index is 11.7. The second-order valence-electron chi connectivity index (χ2n) is 7.96. The Bertz CT molecular complexity index is 1420. The van der Waals surface area contributed by atoms with Crippen LogP contribution in [-0.4, -0.2) is 29.6 Å². The molecule has 0 saturated heterocycles. The number of rotatable bonds is 6. The van der Waals surface area contributed by atoms with Crippen molar-refractivity contribution in [3.05, 3.63) is 77.8 Å². The number of aromatic nitrogens is 3. The second-order valence-corrected chi connectivity index (χ2v) is 10.1. The van der Waals surface area contributed by atoms with Crippen LogP contribution in [0.15, 0.2) is 67.1 Å². The third-order valence-electron chi connectivity index (χ3n) is 5.54. The predicted octanol–water partition coefficient (Wildman–Crippen LogP) is 4.82. The maximum Gasteiger partial charge on any atom is 0.229 e. The molecule has 2 heterocycles. The number of fused-ring (bicyclic) bond motifs is 1. The van der Waals surface area contributed by atoms with Crippen LogP contribution in [0, 0.1) is 0 Å². The zero-order valence-corrected chi connectivity index (χ0v) is 18.8. The molecular formula is C23H20ClN5O2S. The highest BCUT2D eigenvalue weighted by Crippen LogP contribution is 2.48. The van der Waals surface area contributed by atoms with E-state index in [2.05, 4.69) is 37.1 Å². The van der Waals surface area contributed by atoms with E-state index in [1.807, 2.05) is 36.4 Å². The predicted molar refractivity (Wildman–Crippen MR) is 127 cm³/mol. The second kappa shape index (κ2) is 7.72. The number of nitrogens with zero attached hydrogens (tertiary/aromatic N) is 3. The van der Waals surface area contributed by atoms with Crippen molar-refractivity contribution >= 4 is 44.0 Å². The zero-order chi connectivity index (χ0) is 22.3. The van der Waals surface area contributed by atoms with Gasteiger partial charge >= 0.3 is 0 Å². The molecule has 1 saturated carbocycles. The molecule has 0 unspecified atom stereocenters. The van der Waals surface area contributed by atoms with Crippen molar-refractivity contribution in [2.75, 3.05) is 16.3 Å². The van der Waals surface area contributed by atoms with Crippen LogP contribution in [0.2, 0.25) is 5.15 Å². The van der Waals surface area contributed by atoms with E-state index >= 15 is 0 Å². The molecule has 1 fully saturated rings. The van der Waals surface area contributed by atoms with Crippen molar-refractivity contribution in [1.82, 2.24) is 15.0 Å². The molecule has 32 heavy (non-hydrogen) atoms. The van der Waals surface area contributed by atoms with E-state index in [1.165, 1.54) is 5.56 Å². The molecule has 0 spiro atoms. The van der Waals surface area contributed by atoms with Crippen molar-refractivity contribution in [2.45, 2.75) is 18.4 Å². The molecule has 0 aliphatic heterocycles. The summed E-state index contributed by atoms with van der Waals surface area (Å²) < 4.78 is 25.7. The van der Waals surface area contributed by atoms with E-state index in [0.717, 1.165) is 46.9 Å². The highest BCUT2D eigenvalue weighted by atomic mass is 35.5. The van der Waals surface area contributed by atoms with Crippen LogP contribution in [-0.2, 0) is 15.6 Å². The van der Waals surface area contributed by atoms with Crippen LogP contribution in [0.25, 0.3) is 22.0 Å². The smallest absolute Gasteiger partial charge is 0.229 e. The van der Waals surface area contributed by atoms with Crippen molar-refractivity contribution in [3.8, 4) is 11.1 Å². The number of sulfonamides is 1. The summed E-state index contributed by atoms with van der Waals surface area (Å²) in [7, 11) is -3.48. The summed E-state index contributed by atoms with van der Waals surface area (Å²) in [5, 5.41) is 4.60. The Morgan fingerprint density at radius 2 is 1.75 bits per heavy atom. The Kier molecular flexibility index (Phi) is 4.98. The van der Waals surface area contributed by atoms with Crippen molar-refractivity contribution in [1.29, 1.82) is 0 Å². The van der Waals surface area contributed by atoms with E-state index < -0.39 is 10.0 Å². The van der Waals surface area contributed by atoms with Gasteiger partial charge in [-0.2, -0.15) is 0 Å². The van der Waals surface area contributed by atoms with Gasteiger partial charge in [-0.15, -0.1) is 0 Å². The number of hydrogen-bond donors (Lipinski definition) is 2. The fraction of sp³-hybridized carbons (Fsp3) is 0.174. The Balaban J connectivity index is 1.55. The van der Waals surface area contributed by atoms with E-state index in [0.29, 0.717) is 0 Å². The lowest BCUT2D eigenvalue weighted by molar-refractivity contribution is 0.607. The standard InChI is InChI=1S/C23H20ClN5O2S/c1-32(30,31)29-20-12-16(13-25-21(20)24)15-7-8-19-18(11-15)22(27-14-26-19)28-23(9-10-23)17-5-3-2-4-6-17/h2-8,11-14,29H,9-10H2,1H3,(H,26,27,28). The third-order valence-corrected chi connectivity index (χ3v) is 6.43. The minimum atomic E-state index is -3.48. The molecule has 1 aliphatic rings. The normalized spacial score (nSPS) is 14.8. The lowest BCUT2D eigenvalue weighted by atomic mass is 10.0. The molecule has 0 atom stereocenters. The van der Waals surface area contributed by atoms with Gasteiger partial charge in [-0.3, -0.25) is 4.72 Å². The fourth-order valence-electron chi connectivity index (χ4n) is 3.81. The number of pyridine rings is 1. The van der Waals surface area contributed by atoms with Gasteiger partial charge in [0.05, 0.1) is 23.0 Å². The molecule has 0 radical (unpaired) electrons. The first-order valence-electron chi connectivity index (χ1n) is 10.1. The van der Waals surface area contributed by atoms with Gasteiger partial charge in [-0.05, 0) is 42.2 Å². The van der Waals surface area contributed by atoms with Crippen LogP contribution in [0.3, 0.4) is 0 Å². The van der Waals surface area contributed by atoms with Gasteiger partial charge in [0.15, 0.2) is 5.15 Å². The van der Waals surface area contributed by atoms with Crippen LogP contribution >= 0.6 is 11.6 Å². The molecule has 9 heteroatoms. The van der Waals surface area contributed by atoms with Crippen molar-refractivity contribution < 1.29 is 8.42 Å². The molecule has 2 N–H and O–H groups in total. The summed E-state index contributed by atoms with van der Waals surface area (Å²) in [5.74, 6) is 0.759. The first-order valence-corrected chi connectivity index (χ1v) is 12.3. The van der Waals surface area contributed by atoms with E-state index in [9.17, 15) is 8.42 Å². The molecular weight excluding hydrogens is 446 g/mol. The Morgan fingerprint density at radius 1 is 0.969 bits per heavy atom. The van der Waals surface area contributed by atoms with E-state index in [4.69, 9.17) is 11.6 Å². The molecule has 5 rings (SSSR count). The van der Waals surface area contributed by atoms with Gasteiger partial charge in [-0.1, -0.05) is 48.0 Å². The molecule has 0 bridgehead atoms. The van der Waals surface area contributed by atoms with Crippen LogP contribution in [0.1, 0.15) is 18.4 Å². The lowest BCUT2D eigenvalue weighted by Gasteiger charge is -2.20. The van der Waals surface area contributed by atoms with Crippen LogP contribution in [0.5, 0.6) is 0 Å². The Morgan fingerprint density at radius 3 is 2.47 bits per heavy atom. The van der Waals surface area contributed by atoms with Crippen molar-refractivity contribution in [2.24, 2.45) is 0 Å². The maximum atomic E-state index is 11.7. The molecule has 4 aromatic rings. The molecule has 0 amide bonds. The molecule has 7 nitrogen and oxygen atoms in total.